The number of nitrogens with zero attached hydrogens (tertiary/aromatic N) is 4. The van der Waals surface area contributed by atoms with Crippen molar-refractivity contribution in [1.82, 2.24) is 19.9 Å². The summed E-state index contributed by atoms with van der Waals surface area (Å²) in [6.45, 7) is 0.880. The van der Waals surface area contributed by atoms with Crippen LogP contribution in [0.3, 0.4) is 0 Å². The summed E-state index contributed by atoms with van der Waals surface area (Å²) >= 11 is 0. The van der Waals surface area contributed by atoms with Gasteiger partial charge in [0.1, 0.15) is 11.9 Å². The molecule has 0 amide bonds. The fraction of sp³-hybridized carbons (Fsp3) is 0.227. The molecule has 5 rings (SSSR count). The van der Waals surface area contributed by atoms with E-state index >= 15 is 0 Å². The minimum atomic E-state index is -4.40. The van der Waals surface area contributed by atoms with Crippen LogP contribution in [0.15, 0.2) is 59.1 Å². The van der Waals surface area contributed by atoms with Gasteiger partial charge < -0.3 is 14.0 Å². The molecule has 1 atom stereocenters. The fourth-order valence-electron chi connectivity index (χ4n) is 3.50. The number of benzene rings is 2. The lowest BCUT2D eigenvalue weighted by Crippen LogP contribution is -2.21. The Hall–Kier alpha value is -3.66. The van der Waals surface area contributed by atoms with Gasteiger partial charge >= 0.3 is 6.18 Å². The van der Waals surface area contributed by atoms with Crippen LogP contribution in [-0.2, 0) is 24.1 Å². The van der Waals surface area contributed by atoms with E-state index in [-0.39, 0.29) is 17.8 Å². The highest BCUT2D eigenvalue weighted by molar-refractivity contribution is 5.58. The Balaban J connectivity index is 1.34. The first kappa shape index (κ1) is 20.3. The van der Waals surface area contributed by atoms with Gasteiger partial charge in [-0.2, -0.15) is 23.3 Å². The van der Waals surface area contributed by atoms with E-state index in [0.717, 1.165) is 29.1 Å². The van der Waals surface area contributed by atoms with E-state index in [9.17, 15) is 13.2 Å². The predicted octanol–water partition coefficient (Wildman–Crippen LogP) is 4.90. The van der Waals surface area contributed by atoms with Crippen molar-refractivity contribution in [3.63, 3.8) is 0 Å². The van der Waals surface area contributed by atoms with Gasteiger partial charge in [-0.05, 0) is 35.9 Å². The van der Waals surface area contributed by atoms with Crippen LogP contribution < -0.4 is 4.74 Å². The number of rotatable bonds is 4. The van der Waals surface area contributed by atoms with Crippen molar-refractivity contribution < 1.29 is 27.2 Å². The summed E-state index contributed by atoms with van der Waals surface area (Å²) in [5.74, 6) is 1.14. The quantitative estimate of drug-likeness (QED) is 0.448. The number of fused-ring (bicyclic) bond motifs is 1. The molecule has 0 fully saturated rings. The maximum atomic E-state index is 12.8. The third-order valence-electron chi connectivity index (χ3n) is 5.24. The van der Waals surface area contributed by atoms with Crippen LogP contribution in [0.2, 0.25) is 0 Å². The lowest BCUT2D eigenvalue weighted by molar-refractivity contribution is -0.137. The summed E-state index contributed by atoms with van der Waals surface area (Å²) in [7, 11) is 1.62. The number of hydrogen-bond donors (Lipinski definition) is 0. The Kier molecular flexibility index (Phi) is 4.93. The summed E-state index contributed by atoms with van der Waals surface area (Å²) in [6.07, 6.45) is -4.56. The van der Waals surface area contributed by atoms with Crippen LogP contribution in [0.25, 0.3) is 23.0 Å². The van der Waals surface area contributed by atoms with Gasteiger partial charge in [0, 0.05) is 5.56 Å². The summed E-state index contributed by atoms with van der Waals surface area (Å²) in [5.41, 5.74) is 2.03. The molecule has 0 radical (unpaired) electrons. The Labute approximate surface area is 180 Å². The molecule has 4 aromatic rings. The molecule has 1 aliphatic rings. The molecule has 0 bridgehead atoms. The molecule has 0 spiro atoms. The zero-order valence-corrected chi connectivity index (χ0v) is 16.8. The molecule has 7 nitrogen and oxygen atoms in total. The van der Waals surface area contributed by atoms with Gasteiger partial charge in [0.05, 0.1) is 31.5 Å². The van der Waals surface area contributed by atoms with Gasteiger partial charge in [0.25, 0.3) is 5.89 Å². The molecule has 0 aliphatic carbocycles. The molecule has 164 valence electrons. The van der Waals surface area contributed by atoms with Crippen LogP contribution in [-0.4, -0.2) is 27.0 Å². The van der Waals surface area contributed by atoms with Crippen molar-refractivity contribution in [1.29, 1.82) is 0 Å². The molecular formula is C22H17F3N4O3. The third-order valence-corrected chi connectivity index (χ3v) is 5.24. The van der Waals surface area contributed by atoms with Gasteiger partial charge in [0.15, 0.2) is 5.69 Å². The van der Waals surface area contributed by atoms with Crippen molar-refractivity contribution in [3.8, 4) is 28.7 Å². The topological polar surface area (TPSA) is 75.2 Å². The Morgan fingerprint density at radius 3 is 2.50 bits per heavy atom. The zero-order valence-electron chi connectivity index (χ0n) is 16.8. The average Bonchev–Trinajstić information content (AvgIpc) is 3.45. The first-order valence-electron chi connectivity index (χ1n) is 9.75. The monoisotopic (exact) mass is 442 g/mol. The van der Waals surface area contributed by atoms with E-state index in [2.05, 4.69) is 15.2 Å². The summed E-state index contributed by atoms with van der Waals surface area (Å²) in [6, 6.07) is 14.0. The number of aromatic nitrogens is 4. The number of alkyl halides is 3. The normalized spacial score (nSPS) is 16.1. The summed E-state index contributed by atoms with van der Waals surface area (Å²) in [4.78, 5) is 4.29. The molecule has 10 heteroatoms. The zero-order chi connectivity index (χ0) is 22.3. The minimum Gasteiger partial charge on any atom is -0.497 e. The van der Waals surface area contributed by atoms with Crippen LogP contribution >= 0.6 is 0 Å². The molecule has 2 aromatic carbocycles. The van der Waals surface area contributed by atoms with Crippen LogP contribution in [0.4, 0.5) is 13.2 Å². The molecule has 3 heterocycles. The second-order valence-corrected chi connectivity index (χ2v) is 7.27. The van der Waals surface area contributed by atoms with Crippen molar-refractivity contribution in [2.24, 2.45) is 0 Å². The fourth-order valence-corrected chi connectivity index (χ4v) is 3.50. The lowest BCUT2D eigenvalue weighted by Gasteiger charge is -2.24. The van der Waals surface area contributed by atoms with E-state index < -0.39 is 11.7 Å². The first-order chi connectivity index (χ1) is 15.4. The molecule has 2 aromatic heterocycles. The van der Waals surface area contributed by atoms with Gasteiger partial charge in [-0.15, -0.1) is 0 Å². The molecule has 0 unspecified atom stereocenters. The molecule has 0 saturated heterocycles. The molecule has 32 heavy (non-hydrogen) atoms. The number of ether oxygens (including phenoxy) is 2. The van der Waals surface area contributed by atoms with Gasteiger partial charge in [-0.3, -0.25) is 4.68 Å². The number of halogens is 3. The number of methoxy groups -OCH3 is 1. The maximum absolute atomic E-state index is 12.8. The van der Waals surface area contributed by atoms with E-state index in [1.807, 2.05) is 28.9 Å². The SMILES string of the molecule is COc1ccc([C@H]2Cn3nc(-c4nc(-c5ccc(C(F)(F)F)cc5)no4)cc3CO2)cc1. The predicted molar refractivity (Wildman–Crippen MR) is 106 cm³/mol. The smallest absolute Gasteiger partial charge is 0.416 e. The minimum absolute atomic E-state index is 0.161. The molecular weight excluding hydrogens is 425 g/mol. The van der Waals surface area contributed by atoms with Crippen molar-refractivity contribution in [2.45, 2.75) is 25.4 Å². The standard InChI is InChI=1S/C22H17F3N4O3/c1-30-17-8-4-13(5-9-17)19-11-29-16(12-31-19)10-18(27-29)21-26-20(28-32-21)14-2-6-15(7-3-14)22(23,24)25/h2-10,19H,11-12H2,1H3/t19-/m1/s1. The summed E-state index contributed by atoms with van der Waals surface area (Å²) in [5, 5.41) is 8.43. The van der Waals surface area contributed by atoms with Gasteiger partial charge in [-0.25, -0.2) is 0 Å². The Bertz CT molecular complexity index is 1230. The van der Waals surface area contributed by atoms with Crippen molar-refractivity contribution >= 4 is 0 Å². The van der Waals surface area contributed by atoms with Crippen LogP contribution in [0.5, 0.6) is 5.75 Å². The molecule has 0 saturated carbocycles. The number of hydrogen-bond acceptors (Lipinski definition) is 6. The maximum Gasteiger partial charge on any atom is 0.416 e. The highest BCUT2D eigenvalue weighted by atomic mass is 19.4. The highest BCUT2D eigenvalue weighted by Gasteiger charge is 2.30. The third kappa shape index (κ3) is 3.84. The second kappa shape index (κ2) is 7.79. The first-order valence-corrected chi connectivity index (χ1v) is 9.75. The van der Waals surface area contributed by atoms with Crippen LogP contribution in [0, 0.1) is 0 Å². The van der Waals surface area contributed by atoms with Gasteiger partial charge in [-0.1, -0.05) is 29.4 Å². The Morgan fingerprint density at radius 1 is 1.06 bits per heavy atom. The van der Waals surface area contributed by atoms with E-state index in [1.54, 1.807) is 13.2 Å². The van der Waals surface area contributed by atoms with E-state index in [4.69, 9.17) is 14.0 Å². The van der Waals surface area contributed by atoms with Crippen molar-refractivity contribution in [2.75, 3.05) is 7.11 Å². The summed E-state index contributed by atoms with van der Waals surface area (Å²) < 4.78 is 56.5. The highest BCUT2D eigenvalue weighted by Crippen LogP contribution is 2.32. The van der Waals surface area contributed by atoms with Crippen molar-refractivity contribution in [3.05, 3.63) is 71.4 Å². The average molecular weight is 442 g/mol. The largest absolute Gasteiger partial charge is 0.497 e. The Morgan fingerprint density at radius 2 is 1.81 bits per heavy atom. The van der Waals surface area contributed by atoms with E-state index in [0.29, 0.717) is 24.4 Å². The van der Waals surface area contributed by atoms with E-state index in [1.165, 1.54) is 12.1 Å². The van der Waals surface area contributed by atoms with Crippen LogP contribution in [0.1, 0.15) is 22.9 Å². The lowest BCUT2D eigenvalue weighted by atomic mass is 10.1. The molecule has 0 N–H and O–H groups in total. The molecule has 1 aliphatic heterocycles. The van der Waals surface area contributed by atoms with Gasteiger partial charge in [0.2, 0.25) is 5.82 Å². The second-order valence-electron chi connectivity index (χ2n) is 7.27.